The third kappa shape index (κ3) is 5.36. The van der Waals surface area contributed by atoms with E-state index in [0.29, 0.717) is 6.04 Å². The standard InChI is InChI=1S/C17H27N3S/c1-12(2)5-7-14(4)18-9-10-21-17-19-15-8-6-13(3)11-16(15)20-17/h6,8,11-12,14,18H,5,7,9-10H2,1-4H3,(H,19,20). The van der Waals surface area contributed by atoms with Gasteiger partial charge in [0.25, 0.3) is 0 Å². The Morgan fingerprint density at radius 1 is 1.24 bits per heavy atom. The van der Waals surface area contributed by atoms with Gasteiger partial charge in [0, 0.05) is 18.3 Å². The summed E-state index contributed by atoms with van der Waals surface area (Å²) in [7, 11) is 0. The second-order valence-corrected chi connectivity index (χ2v) is 7.32. The quantitative estimate of drug-likeness (QED) is 0.562. The Morgan fingerprint density at radius 3 is 2.81 bits per heavy atom. The Morgan fingerprint density at radius 2 is 2.05 bits per heavy atom. The summed E-state index contributed by atoms with van der Waals surface area (Å²) in [5, 5.41) is 4.61. The monoisotopic (exact) mass is 305 g/mol. The summed E-state index contributed by atoms with van der Waals surface area (Å²) in [4.78, 5) is 8.00. The highest BCUT2D eigenvalue weighted by Crippen LogP contribution is 2.19. The molecule has 0 aliphatic rings. The number of hydrogen-bond acceptors (Lipinski definition) is 3. The van der Waals surface area contributed by atoms with Gasteiger partial charge in [-0.05, 0) is 50.3 Å². The smallest absolute Gasteiger partial charge is 0.166 e. The third-order valence-electron chi connectivity index (χ3n) is 3.63. The minimum atomic E-state index is 0.603. The largest absolute Gasteiger partial charge is 0.333 e. The molecule has 1 aromatic heterocycles. The second-order valence-electron chi connectivity index (χ2n) is 6.24. The number of imidazole rings is 1. The molecule has 1 atom stereocenters. The maximum atomic E-state index is 4.61. The predicted molar refractivity (Wildman–Crippen MR) is 93.1 cm³/mol. The SMILES string of the molecule is Cc1ccc2nc(SCCNC(C)CCC(C)C)[nH]c2c1. The summed E-state index contributed by atoms with van der Waals surface area (Å²) in [6.07, 6.45) is 2.55. The lowest BCUT2D eigenvalue weighted by Gasteiger charge is -2.14. The average molecular weight is 305 g/mol. The van der Waals surface area contributed by atoms with Crippen LogP contribution in [0.2, 0.25) is 0 Å². The van der Waals surface area contributed by atoms with E-state index in [9.17, 15) is 0 Å². The molecule has 21 heavy (non-hydrogen) atoms. The Bertz CT molecular complexity index is 562. The molecule has 0 aliphatic carbocycles. The van der Waals surface area contributed by atoms with Gasteiger partial charge in [0.2, 0.25) is 0 Å². The summed E-state index contributed by atoms with van der Waals surface area (Å²) in [6.45, 7) is 9.98. The van der Waals surface area contributed by atoms with Crippen molar-refractivity contribution in [2.24, 2.45) is 5.92 Å². The van der Waals surface area contributed by atoms with Gasteiger partial charge in [-0.25, -0.2) is 4.98 Å². The van der Waals surface area contributed by atoms with Crippen LogP contribution in [0.5, 0.6) is 0 Å². The maximum Gasteiger partial charge on any atom is 0.166 e. The molecule has 0 aliphatic heterocycles. The van der Waals surface area contributed by atoms with Gasteiger partial charge < -0.3 is 10.3 Å². The lowest BCUT2D eigenvalue weighted by molar-refractivity contribution is 0.460. The normalized spacial score (nSPS) is 13.2. The maximum absolute atomic E-state index is 4.61. The zero-order valence-corrected chi connectivity index (χ0v) is 14.4. The van der Waals surface area contributed by atoms with Gasteiger partial charge in [0.05, 0.1) is 11.0 Å². The Hall–Kier alpha value is -1.00. The fraction of sp³-hybridized carbons (Fsp3) is 0.588. The van der Waals surface area contributed by atoms with E-state index in [1.54, 1.807) is 11.8 Å². The Labute approximate surface area is 132 Å². The number of aryl methyl sites for hydroxylation is 1. The number of nitrogens with zero attached hydrogens (tertiary/aromatic N) is 1. The van der Waals surface area contributed by atoms with Crippen molar-refractivity contribution in [3.63, 3.8) is 0 Å². The highest BCUT2D eigenvalue weighted by molar-refractivity contribution is 7.99. The summed E-state index contributed by atoms with van der Waals surface area (Å²) in [5.74, 6) is 1.84. The molecule has 0 saturated heterocycles. The molecule has 1 heterocycles. The molecule has 2 rings (SSSR count). The van der Waals surface area contributed by atoms with Crippen molar-refractivity contribution in [2.45, 2.75) is 51.7 Å². The molecule has 0 fully saturated rings. The molecule has 0 spiro atoms. The van der Waals surface area contributed by atoms with Gasteiger partial charge in [-0.2, -0.15) is 0 Å². The first-order valence-electron chi connectivity index (χ1n) is 7.87. The molecule has 2 aromatic rings. The van der Waals surface area contributed by atoms with E-state index in [1.165, 1.54) is 18.4 Å². The second kappa shape index (κ2) is 7.85. The van der Waals surface area contributed by atoms with Crippen molar-refractivity contribution in [3.8, 4) is 0 Å². The molecule has 1 unspecified atom stereocenters. The minimum Gasteiger partial charge on any atom is -0.333 e. The summed E-state index contributed by atoms with van der Waals surface area (Å²) in [5.41, 5.74) is 3.46. The van der Waals surface area contributed by atoms with E-state index < -0.39 is 0 Å². The zero-order chi connectivity index (χ0) is 15.2. The van der Waals surface area contributed by atoms with Crippen LogP contribution in [-0.4, -0.2) is 28.3 Å². The van der Waals surface area contributed by atoms with E-state index in [2.05, 4.69) is 61.2 Å². The van der Waals surface area contributed by atoms with E-state index in [0.717, 1.165) is 34.4 Å². The minimum absolute atomic E-state index is 0.603. The number of aromatic amines is 1. The number of aromatic nitrogens is 2. The van der Waals surface area contributed by atoms with E-state index in [4.69, 9.17) is 0 Å². The van der Waals surface area contributed by atoms with Crippen molar-refractivity contribution in [2.75, 3.05) is 12.3 Å². The van der Waals surface area contributed by atoms with Crippen molar-refractivity contribution < 1.29 is 0 Å². The van der Waals surface area contributed by atoms with Crippen LogP contribution in [0.25, 0.3) is 11.0 Å². The van der Waals surface area contributed by atoms with Gasteiger partial charge in [-0.1, -0.05) is 31.7 Å². The highest BCUT2D eigenvalue weighted by Gasteiger charge is 2.05. The lowest BCUT2D eigenvalue weighted by Crippen LogP contribution is -2.28. The fourth-order valence-corrected chi connectivity index (χ4v) is 3.07. The number of fused-ring (bicyclic) bond motifs is 1. The van der Waals surface area contributed by atoms with Crippen LogP contribution in [0.4, 0.5) is 0 Å². The highest BCUT2D eigenvalue weighted by atomic mass is 32.2. The van der Waals surface area contributed by atoms with Crippen LogP contribution in [0.3, 0.4) is 0 Å². The Kier molecular flexibility index (Phi) is 6.12. The van der Waals surface area contributed by atoms with Crippen molar-refractivity contribution in [1.29, 1.82) is 0 Å². The fourth-order valence-electron chi connectivity index (χ4n) is 2.31. The Balaban J connectivity index is 1.72. The molecule has 0 saturated carbocycles. The zero-order valence-electron chi connectivity index (χ0n) is 13.6. The topological polar surface area (TPSA) is 40.7 Å². The van der Waals surface area contributed by atoms with Crippen LogP contribution < -0.4 is 5.32 Å². The number of nitrogens with one attached hydrogen (secondary N) is 2. The number of benzene rings is 1. The number of hydrogen-bond donors (Lipinski definition) is 2. The molecule has 0 amide bonds. The lowest BCUT2D eigenvalue weighted by atomic mass is 10.0. The molecular formula is C17H27N3S. The van der Waals surface area contributed by atoms with Gasteiger partial charge in [-0.15, -0.1) is 0 Å². The summed E-state index contributed by atoms with van der Waals surface area (Å²) in [6, 6.07) is 6.94. The van der Waals surface area contributed by atoms with Crippen molar-refractivity contribution in [3.05, 3.63) is 23.8 Å². The van der Waals surface area contributed by atoms with E-state index in [1.807, 2.05) is 0 Å². The molecule has 116 valence electrons. The van der Waals surface area contributed by atoms with Gasteiger partial charge in [0.15, 0.2) is 5.16 Å². The van der Waals surface area contributed by atoms with Crippen LogP contribution in [0.15, 0.2) is 23.4 Å². The number of thioether (sulfide) groups is 1. The van der Waals surface area contributed by atoms with E-state index >= 15 is 0 Å². The van der Waals surface area contributed by atoms with Crippen molar-refractivity contribution >= 4 is 22.8 Å². The number of H-pyrrole nitrogens is 1. The van der Waals surface area contributed by atoms with Gasteiger partial charge in [-0.3, -0.25) is 0 Å². The molecule has 3 nitrogen and oxygen atoms in total. The van der Waals surface area contributed by atoms with Gasteiger partial charge in [0.1, 0.15) is 0 Å². The van der Waals surface area contributed by atoms with Crippen LogP contribution >= 0.6 is 11.8 Å². The molecule has 4 heteroatoms. The summed E-state index contributed by atoms with van der Waals surface area (Å²) >= 11 is 1.79. The first-order valence-corrected chi connectivity index (χ1v) is 8.85. The first-order chi connectivity index (χ1) is 10.0. The molecule has 0 bridgehead atoms. The van der Waals surface area contributed by atoms with Crippen molar-refractivity contribution in [1.82, 2.24) is 15.3 Å². The van der Waals surface area contributed by atoms with Crippen LogP contribution in [0.1, 0.15) is 39.2 Å². The van der Waals surface area contributed by atoms with E-state index in [-0.39, 0.29) is 0 Å². The molecular weight excluding hydrogens is 278 g/mol. The summed E-state index contributed by atoms with van der Waals surface area (Å²) < 4.78 is 0. The average Bonchev–Trinajstić information content (AvgIpc) is 2.83. The van der Waals surface area contributed by atoms with Crippen LogP contribution in [0, 0.1) is 12.8 Å². The van der Waals surface area contributed by atoms with Crippen LogP contribution in [-0.2, 0) is 0 Å². The third-order valence-corrected chi connectivity index (χ3v) is 4.50. The number of rotatable bonds is 8. The predicted octanol–water partition coefficient (Wildman–Crippen LogP) is 4.38. The molecule has 0 radical (unpaired) electrons. The molecule has 2 N–H and O–H groups in total. The first kappa shape index (κ1) is 16.4. The molecule has 1 aromatic carbocycles. The van der Waals surface area contributed by atoms with Gasteiger partial charge >= 0.3 is 0 Å².